The molecule has 16 N–H and O–H groups in total. The molecule has 3 saturated carbocycles. The highest BCUT2D eigenvalue weighted by Crippen LogP contribution is 2.38. The predicted molar refractivity (Wildman–Crippen MR) is 419 cm³/mol. The number of carbonyl (C=O) groups excluding carboxylic acids is 12. The Balaban J connectivity index is 0.000000182. The second-order valence-electron chi connectivity index (χ2n) is 30.8. The number of hydrogen-bond acceptors (Lipinski definition) is 19. The number of benzene rings is 6. The molecular weight excluding hydrogens is 1480 g/mol. The minimum Gasteiger partial charge on any atom is -0.507 e. The number of rotatable bonds is 15. The number of amides is 11. The average molecular weight is 1580 g/mol. The topological polar surface area (TPSA) is 459 Å². The van der Waals surface area contributed by atoms with E-state index >= 15 is 0 Å². The van der Waals surface area contributed by atoms with E-state index in [1.807, 2.05) is 91.0 Å². The number of phenols is 3. The first-order valence-corrected chi connectivity index (χ1v) is 38.9. The maximum atomic E-state index is 13.7. The van der Waals surface area contributed by atoms with Crippen molar-refractivity contribution in [3.8, 4) is 17.2 Å². The minimum atomic E-state index is -1.33. The Kier molecular flexibility index (Phi) is 28.9. The largest absolute Gasteiger partial charge is 0.507 e. The molecule has 12 rings (SSSR count). The van der Waals surface area contributed by atoms with Crippen molar-refractivity contribution in [3.63, 3.8) is 0 Å². The normalized spacial score (nSPS) is 28.6. The van der Waals surface area contributed by atoms with E-state index in [2.05, 4.69) is 53.2 Å². The van der Waals surface area contributed by atoms with Gasteiger partial charge >= 0.3 is 5.97 Å². The zero-order valence-electron chi connectivity index (χ0n) is 65.0. The van der Waals surface area contributed by atoms with E-state index in [1.54, 1.807) is 78.1 Å². The van der Waals surface area contributed by atoms with Gasteiger partial charge in [0.15, 0.2) is 6.10 Å². The third-order valence-electron chi connectivity index (χ3n) is 21.9. The number of likely N-dealkylation sites (N-methyl/N-ethyl adjacent to an activating group) is 1. The summed E-state index contributed by atoms with van der Waals surface area (Å²) >= 11 is 0. The third-order valence-corrected chi connectivity index (χ3v) is 21.9. The van der Waals surface area contributed by atoms with E-state index in [9.17, 15) is 88.2 Å². The van der Waals surface area contributed by atoms with Crippen LogP contribution in [0.15, 0.2) is 164 Å². The summed E-state index contributed by atoms with van der Waals surface area (Å²) in [5, 5.41) is 91.6. The first-order valence-electron chi connectivity index (χ1n) is 38.9. The van der Waals surface area contributed by atoms with Gasteiger partial charge in [-0.1, -0.05) is 141 Å². The van der Waals surface area contributed by atoms with E-state index in [0.717, 1.165) is 42.4 Å². The monoisotopic (exact) mass is 1580 g/mol. The minimum absolute atomic E-state index is 0.0226. The number of nitrogens with one attached hydrogen (secondary N) is 10. The molecule has 0 aromatic heterocycles. The van der Waals surface area contributed by atoms with E-state index in [-0.39, 0.29) is 76.9 Å². The molecule has 6 aliphatic rings. The summed E-state index contributed by atoms with van der Waals surface area (Å²) in [5.41, 5.74) is 2.41. The molecule has 30 nitrogen and oxygen atoms in total. The number of hydrogen-bond donors (Lipinski definition) is 16. The fraction of sp³-hybridized carbons (Fsp3) is 0.435. The fourth-order valence-corrected chi connectivity index (χ4v) is 14.4. The lowest BCUT2D eigenvalue weighted by Crippen LogP contribution is -2.64. The molecular formula is C85H103N11O19. The van der Waals surface area contributed by atoms with Crippen molar-refractivity contribution in [1.29, 1.82) is 0 Å². The van der Waals surface area contributed by atoms with E-state index in [0.29, 0.717) is 12.8 Å². The summed E-state index contributed by atoms with van der Waals surface area (Å²) in [6.45, 7) is 9.35. The van der Waals surface area contributed by atoms with Gasteiger partial charge in [0.2, 0.25) is 41.4 Å². The van der Waals surface area contributed by atoms with Crippen LogP contribution in [-0.4, -0.2) is 204 Å². The van der Waals surface area contributed by atoms with Gasteiger partial charge in [0, 0.05) is 13.0 Å². The summed E-state index contributed by atoms with van der Waals surface area (Å²) in [4.78, 5) is 160. The summed E-state index contributed by atoms with van der Waals surface area (Å²) in [5.74, 6) is -11.0. The SMILES string of the molecule is C[C@H]1NC(=O)C(C2CC2)N(C)C(=O)[C@H](C)[C@H](O)[C@H](Cc2ccccc2)NC(=O)[C@H]1NC(=O)c1ccccc1O.C[C@H]1NC(=O)C(C2CC2)NC(=O)[C@H](C)[C@H](O)[C@H](Cc2ccccc2)NC(=O)[C@H]1NC(=O)c1ccccc1O.C[C@H]1NC(=O)C(C2CC2)OC(=O)[C@H](C)[C@H](O)[C@H](Cc2ccccc2)NC(=O)[C@H]1NC(=O)c1ccccc1O. The van der Waals surface area contributed by atoms with Crippen molar-refractivity contribution >= 4 is 70.9 Å². The number of cyclic esters (lactones) is 1. The van der Waals surface area contributed by atoms with Gasteiger partial charge < -0.3 is 93.4 Å². The predicted octanol–water partition coefficient (Wildman–Crippen LogP) is 2.65. The molecule has 6 fully saturated rings. The quantitative estimate of drug-likeness (QED) is 0.0657. The van der Waals surface area contributed by atoms with Crippen molar-refractivity contribution in [1.82, 2.24) is 58.1 Å². The van der Waals surface area contributed by atoms with Crippen molar-refractivity contribution in [2.75, 3.05) is 7.05 Å². The Bertz CT molecular complexity index is 4290. The summed E-state index contributed by atoms with van der Waals surface area (Å²) in [7, 11) is 1.56. The Hall–Kier alpha value is -11.8. The van der Waals surface area contributed by atoms with Crippen LogP contribution in [0.4, 0.5) is 0 Å². The first-order chi connectivity index (χ1) is 54.9. The third kappa shape index (κ3) is 22.4. The Morgan fingerprint density at radius 3 is 1.05 bits per heavy atom. The van der Waals surface area contributed by atoms with Crippen LogP contribution < -0.4 is 53.2 Å². The van der Waals surface area contributed by atoms with Gasteiger partial charge in [-0.15, -0.1) is 0 Å². The highest BCUT2D eigenvalue weighted by molar-refractivity contribution is 6.02. The molecule has 3 aliphatic heterocycles. The van der Waals surface area contributed by atoms with Crippen LogP contribution in [0, 0.1) is 35.5 Å². The number of para-hydroxylation sites is 3. The number of aromatic hydroxyl groups is 3. The van der Waals surface area contributed by atoms with Crippen LogP contribution in [0.5, 0.6) is 17.2 Å². The lowest BCUT2D eigenvalue weighted by atomic mass is 9.90. The number of esters is 1. The van der Waals surface area contributed by atoms with Crippen LogP contribution in [0.3, 0.4) is 0 Å². The Labute approximate surface area is 666 Å². The lowest BCUT2D eigenvalue weighted by Gasteiger charge is -2.37. The number of aliphatic hydroxyl groups excluding tert-OH is 3. The van der Waals surface area contributed by atoms with Gasteiger partial charge in [0.05, 0.1) is 89.0 Å². The highest BCUT2D eigenvalue weighted by Gasteiger charge is 2.48. The molecule has 3 unspecified atom stereocenters. The Morgan fingerprint density at radius 1 is 0.374 bits per heavy atom. The molecule has 11 amide bonds. The average Bonchev–Trinajstić information content (AvgIpc) is 1.78. The van der Waals surface area contributed by atoms with Gasteiger partial charge in [0.1, 0.15) is 47.5 Å². The summed E-state index contributed by atoms with van der Waals surface area (Å²) in [6.07, 6.45) is 0.270. The maximum Gasteiger partial charge on any atom is 0.312 e. The van der Waals surface area contributed by atoms with Crippen molar-refractivity contribution in [2.45, 2.75) is 190 Å². The number of phenolic OH excluding ortho intramolecular Hbond substituents is 3. The molecule has 30 heteroatoms. The Morgan fingerprint density at radius 2 is 0.696 bits per heavy atom. The molecule has 6 aromatic rings. The molecule has 6 aromatic carbocycles. The molecule has 612 valence electrons. The highest BCUT2D eigenvalue weighted by atomic mass is 16.6. The summed E-state index contributed by atoms with van der Waals surface area (Å²) < 4.78 is 5.57. The van der Waals surface area contributed by atoms with Crippen LogP contribution in [0.2, 0.25) is 0 Å². The molecule has 0 spiro atoms. The summed E-state index contributed by atoms with van der Waals surface area (Å²) in [6, 6.07) is 34.8. The molecule has 18 atom stereocenters. The number of aliphatic hydroxyl groups is 3. The molecule has 0 bridgehead atoms. The standard InChI is InChI=1S/C29H36N4O6.C28H34N4O6.C28H33N3O7/c1-16-25(35)21(15-18-9-5-4-6-10-18)31-27(37)23(32-26(36)20-11-7-8-12-22(20)34)17(2)30-28(38)24(19-13-14-19)33(3)29(16)39;1-15-24(34)20(14-17-8-4-3-5-9-17)30-27(37)22(31-26(36)19-10-6-7-11-21(19)33)16(2)29-28(38)23(18-12-13-18)32-25(15)35;1-15-23(33)20(14-17-8-4-3-5-9-17)30-26(35)22(31-25(34)19-10-6-7-11-21(19)32)16(2)29-27(36)24(18-12-13-18)38-28(15)37/h4-12,16-17,19,21,23-25,34-35H,13-15H2,1-3H3,(H,30,38)(H,31,37)(H,32,36);3-11,15-16,18,20,22-24,33-34H,12-14H2,1-2H3,(H,29,38)(H,30,37)(H,31,36)(H,32,35);3-11,15-16,18,20,22-24,32-33H,12-14H2,1-2H3,(H,29,36)(H,30,35)(H,31,34)/t16-,17-,21+,23+,24?,25+;15-,16-,20+,22+,23?,24+;15-,16-,20+,22+,23+,24?/m111/s1. The molecule has 3 saturated heterocycles. The van der Waals surface area contributed by atoms with Gasteiger partial charge in [-0.25, -0.2) is 0 Å². The van der Waals surface area contributed by atoms with Crippen molar-refractivity contribution in [2.24, 2.45) is 35.5 Å². The van der Waals surface area contributed by atoms with Gasteiger partial charge in [-0.2, -0.15) is 0 Å². The fourth-order valence-electron chi connectivity index (χ4n) is 14.4. The van der Waals surface area contributed by atoms with E-state index < -0.39 is 174 Å². The van der Waals surface area contributed by atoms with Gasteiger partial charge in [0.25, 0.3) is 23.6 Å². The van der Waals surface area contributed by atoms with Crippen molar-refractivity contribution in [3.05, 3.63) is 197 Å². The van der Waals surface area contributed by atoms with Crippen LogP contribution in [0.1, 0.15) is 128 Å². The second-order valence-corrected chi connectivity index (χ2v) is 30.8. The van der Waals surface area contributed by atoms with E-state index in [1.165, 1.54) is 48.2 Å². The van der Waals surface area contributed by atoms with Crippen molar-refractivity contribution < 1.29 is 92.9 Å². The van der Waals surface area contributed by atoms with E-state index in [4.69, 9.17) is 4.74 Å². The zero-order chi connectivity index (χ0) is 83.1. The smallest absolute Gasteiger partial charge is 0.312 e. The zero-order valence-corrected chi connectivity index (χ0v) is 65.0. The second kappa shape index (κ2) is 38.8. The van der Waals surface area contributed by atoms with Gasteiger partial charge in [-0.3, -0.25) is 57.5 Å². The molecule has 115 heavy (non-hydrogen) atoms. The molecule has 3 heterocycles. The first kappa shape index (κ1) is 85.7. The van der Waals surface area contributed by atoms with Crippen LogP contribution in [-0.2, 0) is 67.2 Å². The number of carbonyl (C=O) groups is 12. The number of ether oxygens (including phenoxy) is 1. The van der Waals surface area contributed by atoms with Crippen LogP contribution in [0.25, 0.3) is 0 Å². The van der Waals surface area contributed by atoms with Crippen LogP contribution >= 0.6 is 0 Å². The molecule has 3 aliphatic carbocycles. The lowest BCUT2D eigenvalue weighted by molar-refractivity contribution is -0.165. The van der Waals surface area contributed by atoms with Gasteiger partial charge in [-0.05, 0) is 150 Å². The maximum absolute atomic E-state index is 13.7. The number of nitrogens with zero attached hydrogens (tertiary/aromatic N) is 1. The molecule has 0 radical (unpaired) electrons.